The van der Waals surface area contributed by atoms with E-state index in [0.717, 1.165) is 22.3 Å². The highest BCUT2D eigenvalue weighted by Gasteiger charge is 2.31. The molecule has 0 aliphatic rings. The molecule has 0 fully saturated rings. The van der Waals surface area contributed by atoms with Crippen LogP contribution >= 0.6 is 0 Å². The van der Waals surface area contributed by atoms with E-state index >= 15 is 0 Å². The second-order valence-electron chi connectivity index (χ2n) is 5.20. The molecular formula is C15H19NO. The maximum atomic E-state index is 12.4. The minimum Gasteiger partial charge on any atom is -0.292 e. The van der Waals surface area contributed by atoms with Crippen LogP contribution in [0.2, 0.25) is 0 Å². The fourth-order valence-electron chi connectivity index (χ4n) is 1.92. The Bertz CT molecular complexity index is 492. The summed E-state index contributed by atoms with van der Waals surface area (Å²) < 4.78 is 0. The van der Waals surface area contributed by atoms with Gasteiger partial charge in [0.2, 0.25) is 0 Å². The van der Waals surface area contributed by atoms with E-state index in [2.05, 4.69) is 12.1 Å². The number of aryl methyl sites for hydroxylation is 2. The second kappa shape index (κ2) is 4.33. The Morgan fingerprint density at radius 2 is 1.53 bits per heavy atom. The lowest BCUT2D eigenvalue weighted by Gasteiger charge is -2.20. The summed E-state index contributed by atoms with van der Waals surface area (Å²) in [5.41, 5.74) is 3.93. The van der Waals surface area contributed by atoms with Crippen molar-refractivity contribution in [2.45, 2.75) is 41.5 Å². The quantitative estimate of drug-likeness (QED) is 0.726. The van der Waals surface area contributed by atoms with E-state index in [4.69, 9.17) is 5.26 Å². The van der Waals surface area contributed by atoms with Crippen molar-refractivity contribution in [3.05, 3.63) is 33.9 Å². The largest absolute Gasteiger partial charge is 0.292 e. The molecule has 0 saturated heterocycles. The zero-order valence-corrected chi connectivity index (χ0v) is 11.4. The van der Waals surface area contributed by atoms with E-state index in [1.165, 1.54) is 0 Å². The average Bonchev–Trinajstić information content (AvgIpc) is 2.26. The summed E-state index contributed by atoms with van der Waals surface area (Å²) in [5, 5.41) is 9.08. The van der Waals surface area contributed by atoms with Gasteiger partial charge in [-0.15, -0.1) is 0 Å². The molecular weight excluding hydrogens is 210 g/mol. The molecule has 0 spiro atoms. The maximum absolute atomic E-state index is 12.4. The van der Waals surface area contributed by atoms with Crippen molar-refractivity contribution in [1.82, 2.24) is 0 Å². The third-order valence-corrected chi connectivity index (χ3v) is 3.44. The van der Waals surface area contributed by atoms with Crippen molar-refractivity contribution in [2.24, 2.45) is 5.41 Å². The molecule has 0 aliphatic carbocycles. The van der Waals surface area contributed by atoms with Gasteiger partial charge in [0, 0.05) is 5.56 Å². The Morgan fingerprint density at radius 1 is 1.12 bits per heavy atom. The van der Waals surface area contributed by atoms with Crippen LogP contribution in [0, 0.1) is 44.4 Å². The van der Waals surface area contributed by atoms with Crippen LogP contribution in [0.1, 0.15) is 46.5 Å². The SMILES string of the molecule is Cc1cc(C)c(C)c(C(=O)C(C)(C)C#N)c1C. The minimum absolute atomic E-state index is 0.0817. The Kier molecular flexibility index (Phi) is 3.43. The first-order chi connectivity index (χ1) is 7.72. The maximum Gasteiger partial charge on any atom is 0.183 e. The van der Waals surface area contributed by atoms with Crippen LogP contribution in [0.25, 0.3) is 0 Å². The van der Waals surface area contributed by atoms with Gasteiger partial charge in [0.15, 0.2) is 5.78 Å². The summed E-state index contributed by atoms with van der Waals surface area (Å²) in [5.74, 6) is -0.0817. The van der Waals surface area contributed by atoms with Crippen molar-refractivity contribution >= 4 is 5.78 Å². The van der Waals surface area contributed by atoms with Gasteiger partial charge in [-0.05, 0) is 63.8 Å². The summed E-state index contributed by atoms with van der Waals surface area (Å²) in [6, 6.07) is 4.17. The summed E-state index contributed by atoms with van der Waals surface area (Å²) in [4.78, 5) is 12.4. The second-order valence-corrected chi connectivity index (χ2v) is 5.20. The minimum atomic E-state index is -0.963. The molecule has 0 atom stereocenters. The molecule has 0 N–H and O–H groups in total. The Labute approximate surface area is 103 Å². The number of rotatable bonds is 2. The first kappa shape index (κ1) is 13.4. The van der Waals surface area contributed by atoms with Gasteiger partial charge in [-0.25, -0.2) is 0 Å². The number of carbonyl (C=O) groups excluding carboxylic acids is 1. The fraction of sp³-hybridized carbons (Fsp3) is 0.467. The molecule has 0 radical (unpaired) electrons. The summed E-state index contributed by atoms with van der Waals surface area (Å²) in [6.45, 7) is 11.2. The molecule has 2 nitrogen and oxygen atoms in total. The highest BCUT2D eigenvalue weighted by atomic mass is 16.1. The predicted octanol–water partition coefficient (Wildman–Crippen LogP) is 3.65. The van der Waals surface area contributed by atoms with Crippen molar-refractivity contribution in [3.63, 3.8) is 0 Å². The average molecular weight is 229 g/mol. The number of nitriles is 1. The summed E-state index contributed by atoms with van der Waals surface area (Å²) in [7, 11) is 0. The Balaban J connectivity index is 3.53. The number of benzene rings is 1. The van der Waals surface area contributed by atoms with E-state index in [0.29, 0.717) is 5.56 Å². The topological polar surface area (TPSA) is 40.9 Å². The molecule has 17 heavy (non-hydrogen) atoms. The van der Waals surface area contributed by atoms with Crippen LogP contribution in [0.4, 0.5) is 0 Å². The third kappa shape index (κ3) is 2.24. The van der Waals surface area contributed by atoms with Crippen molar-refractivity contribution in [3.8, 4) is 6.07 Å². The fourth-order valence-corrected chi connectivity index (χ4v) is 1.92. The van der Waals surface area contributed by atoms with Gasteiger partial charge in [0.05, 0.1) is 6.07 Å². The smallest absolute Gasteiger partial charge is 0.183 e. The van der Waals surface area contributed by atoms with Gasteiger partial charge in [-0.2, -0.15) is 5.26 Å². The molecule has 90 valence electrons. The molecule has 0 saturated carbocycles. The van der Waals surface area contributed by atoms with E-state index < -0.39 is 5.41 Å². The monoisotopic (exact) mass is 229 g/mol. The Hall–Kier alpha value is -1.62. The zero-order valence-electron chi connectivity index (χ0n) is 11.4. The molecule has 1 aromatic rings. The van der Waals surface area contributed by atoms with Crippen LogP contribution in [0.3, 0.4) is 0 Å². The van der Waals surface area contributed by atoms with Crippen LogP contribution in [-0.2, 0) is 0 Å². The summed E-state index contributed by atoms with van der Waals surface area (Å²) in [6.07, 6.45) is 0. The van der Waals surface area contributed by atoms with Crippen molar-refractivity contribution < 1.29 is 4.79 Å². The number of hydrogen-bond acceptors (Lipinski definition) is 2. The molecule has 0 amide bonds. The van der Waals surface area contributed by atoms with E-state index in [9.17, 15) is 4.79 Å². The van der Waals surface area contributed by atoms with Crippen molar-refractivity contribution in [2.75, 3.05) is 0 Å². The van der Waals surface area contributed by atoms with Gasteiger partial charge in [-0.1, -0.05) is 6.07 Å². The molecule has 0 unspecified atom stereocenters. The van der Waals surface area contributed by atoms with Gasteiger partial charge < -0.3 is 0 Å². The molecule has 0 heterocycles. The van der Waals surface area contributed by atoms with Crippen LogP contribution < -0.4 is 0 Å². The van der Waals surface area contributed by atoms with Crippen LogP contribution in [0.15, 0.2) is 6.07 Å². The highest BCUT2D eigenvalue weighted by Crippen LogP contribution is 2.28. The predicted molar refractivity (Wildman–Crippen MR) is 69.1 cm³/mol. The number of carbonyl (C=O) groups is 1. The number of nitrogens with zero attached hydrogens (tertiary/aromatic N) is 1. The molecule has 0 aliphatic heterocycles. The molecule has 1 aromatic carbocycles. The van der Waals surface area contributed by atoms with Gasteiger partial charge in [0.25, 0.3) is 0 Å². The Morgan fingerprint density at radius 3 is 1.88 bits per heavy atom. The van der Waals surface area contributed by atoms with Crippen LogP contribution in [-0.4, -0.2) is 5.78 Å². The normalized spacial score (nSPS) is 11.1. The van der Waals surface area contributed by atoms with E-state index in [1.54, 1.807) is 13.8 Å². The van der Waals surface area contributed by atoms with E-state index in [1.807, 2.05) is 27.7 Å². The first-order valence-corrected chi connectivity index (χ1v) is 5.76. The van der Waals surface area contributed by atoms with Gasteiger partial charge in [0.1, 0.15) is 5.41 Å². The number of hydrogen-bond donors (Lipinski definition) is 0. The lowest BCUT2D eigenvalue weighted by atomic mass is 9.80. The first-order valence-electron chi connectivity index (χ1n) is 5.76. The molecule has 1 rings (SSSR count). The van der Waals surface area contributed by atoms with E-state index in [-0.39, 0.29) is 5.78 Å². The van der Waals surface area contributed by atoms with Crippen molar-refractivity contribution in [1.29, 1.82) is 5.26 Å². The summed E-state index contributed by atoms with van der Waals surface area (Å²) >= 11 is 0. The van der Waals surface area contributed by atoms with Gasteiger partial charge in [-0.3, -0.25) is 4.79 Å². The molecule has 0 aromatic heterocycles. The highest BCUT2D eigenvalue weighted by molar-refractivity contribution is 6.04. The molecule has 2 heteroatoms. The lowest BCUT2D eigenvalue weighted by Crippen LogP contribution is -2.24. The number of Topliss-reactive ketones (excluding diaryl/α,β-unsaturated/α-hetero) is 1. The van der Waals surface area contributed by atoms with Crippen LogP contribution in [0.5, 0.6) is 0 Å². The van der Waals surface area contributed by atoms with Gasteiger partial charge >= 0.3 is 0 Å². The standard InChI is InChI=1S/C15H19NO/c1-9-7-10(2)12(4)13(11(9)3)14(17)15(5,6)8-16/h7H,1-6H3. The lowest BCUT2D eigenvalue weighted by molar-refractivity contribution is 0.0890. The third-order valence-electron chi connectivity index (χ3n) is 3.44. The number of ketones is 1. The molecule has 0 bridgehead atoms. The zero-order chi connectivity index (χ0) is 13.4.